The summed E-state index contributed by atoms with van der Waals surface area (Å²) in [6.07, 6.45) is 0.235. The fourth-order valence-electron chi connectivity index (χ4n) is 2.16. The van der Waals surface area contributed by atoms with E-state index in [4.69, 9.17) is 5.73 Å². The van der Waals surface area contributed by atoms with Crippen molar-refractivity contribution in [2.24, 2.45) is 5.73 Å². The molecule has 0 unspecified atom stereocenters. The summed E-state index contributed by atoms with van der Waals surface area (Å²) >= 11 is 0. The molecule has 0 aliphatic carbocycles. The summed E-state index contributed by atoms with van der Waals surface area (Å²) in [5.41, 5.74) is 10.7. The Labute approximate surface area is 92.1 Å². The van der Waals surface area contributed by atoms with Gasteiger partial charge in [-0.1, -0.05) is 24.6 Å². The summed E-state index contributed by atoms with van der Waals surface area (Å²) in [7, 11) is 0. The van der Waals surface area contributed by atoms with Gasteiger partial charge < -0.3 is 10.8 Å². The number of aryl methyl sites for hydroxylation is 3. The third kappa shape index (κ3) is 2.58. The van der Waals surface area contributed by atoms with Crippen LogP contribution in [0.4, 0.5) is 0 Å². The Bertz CT molecular complexity index is 323. The van der Waals surface area contributed by atoms with Crippen LogP contribution in [0.25, 0.3) is 0 Å². The maximum atomic E-state index is 9.77. The minimum absolute atomic E-state index is 0.268. The fourth-order valence-corrected chi connectivity index (χ4v) is 2.16. The number of hydrogen-bond donors (Lipinski definition) is 2. The molecule has 0 bridgehead atoms. The van der Waals surface area contributed by atoms with E-state index < -0.39 is 6.10 Å². The van der Waals surface area contributed by atoms with Gasteiger partial charge in [-0.3, -0.25) is 0 Å². The molecule has 0 saturated heterocycles. The SMILES string of the molecule is CC[C@@H](O)[C@@H](N)c1c(C)cc(C)cc1C. The molecule has 2 atom stereocenters. The maximum Gasteiger partial charge on any atom is 0.0730 e. The van der Waals surface area contributed by atoms with Gasteiger partial charge >= 0.3 is 0 Å². The second-order valence-electron chi connectivity index (χ2n) is 4.31. The molecule has 0 spiro atoms. The van der Waals surface area contributed by atoms with E-state index in [-0.39, 0.29) is 6.04 Å². The molecule has 3 N–H and O–H groups in total. The Morgan fingerprint density at radius 3 is 2.07 bits per heavy atom. The lowest BCUT2D eigenvalue weighted by molar-refractivity contribution is 0.140. The van der Waals surface area contributed by atoms with Crippen LogP contribution in [0.1, 0.15) is 41.6 Å². The predicted molar refractivity (Wildman–Crippen MR) is 63.9 cm³/mol. The monoisotopic (exact) mass is 207 g/mol. The van der Waals surface area contributed by atoms with Crippen molar-refractivity contribution in [2.45, 2.75) is 46.3 Å². The maximum absolute atomic E-state index is 9.77. The highest BCUT2D eigenvalue weighted by molar-refractivity contribution is 5.39. The van der Waals surface area contributed by atoms with E-state index in [9.17, 15) is 5.11 Å². The molecule has 2 nitrogen and oxygen atoms in total. The van der Waals surface area contributed by atoms with Crippen LogP contribution in [0.2, 0.25) is 0 Å². The van der Waals surface area contributed by atoms with Crippen LogP contribution in [-0.4, -0.2) is 11.2 Å². The molecule has 1 rings (SSSR count). The molecule has 15 heavy (non-hydrogen) atoms. The number of aliphatic hydroxyl groups is 1. The first-order valence-electron chi connectivity index (χ1n) is 5.48. The average Bonchev–Trinajstić information content (AvgIpc) is 2.14. The van der Waals surface area contributed by atoms with Gasteiger partial charge in [0, 0.05) is 0 Å². The summed E-state index contributed by atoms with van der Waals surface area (Å²) in [6, 6.07) is 3.96. The van der Waals surface area contributed by atoms with E-state index >= 15 is 0 Å². The van der Waals surface area contributed by atoms with Crippen LogP contribution < -0.4 is 5.73 Å². The van der Waals surface area contributed by atoms with Crippen molar-refractivity contribution in [1.82, 2.24) is 0 Å². The summed E-state index contributed by atoms with van der Waals surface area (Å²) in [5, 5.41) is 9.77. The molecule has 0 fully saturated rings. The number of nitrogens with two attached hydrogens (primary N) is 1. The summed E-state index contributed by atoms with van der Waals surface area (Å²) in [5.74, 6) is 0. The minimum Gasteiger partial charge on any atom is -0.391 e. The van der Waals surface area contributed by atoms with E-state index in [1.54, 1.807) is 0 Å². The molecule has 0 saturated carbocycles. The van der Waals surface area contributed by atoms with Gasteiger partial charge in [-0.15, -0.1) is 0 Å². The zero-order chi connectivity index (χ0) is 11.6. The van der Waals surface area contributed by atoms with Crippen molar-refractivity contribution in [1.29, 1.82) is 0 Å². The van der Waals surface area contributed by atoms with Crippen molar-refractivity contribution in [3.63, 3.8) is 0 Å². The molecule has 0 heterocycles. The Morgan fingerprint density at radius 2 is 1.67 bits per heavy atom. The first-order valence-corrected chi connectivity index (χ1v) is 5.48. The van der Waals surface area contributed by atoms with Gasteiger partial charge in [-0.2, -0.15) is 0 Å². The van der Waals surface area contributed by atoms with Crippen LogP contribution in [0.5, 0.6) is 0 Å². The van der Waals surface area contributed by atoms with Crippen molar-refractivity contribution >= 4 is 0 Å². The van der Waals surface area contributed by atoms with E-state index in [1.165, 1.54) is 16.7 Å². The van der Waals surface area contributed by atoms with Gasteiger partial charge in [0.1, 0.15) is 0 Å². The van der Waals surface area contributed by atoms with Crippen LogP contribution >= 0.6 is 0 Å². The first-order chi connectivity index (χ1) is 6.97. The van der Waals surface area contributed by atoms with Crippen LogP contribution in [-0.2, 0) is 0 Å². The van der Waals surface area contributed by atoms with Crippen molar-refractivity contribution < 1.29 is 5.11 Å². The zero-order valence-corrected chi connectivity index (χ0v) is 10.0. The normalized spacial score (nSPS) is 15.1. The number of benzene rings is 1. The molecule has 0 radical (unpaired) electrons. The topological polar surface area (TPSA) is 46.2 Å². The minimum atomic E-state index is -0.454. The zero-order valence-electron chi connectivity index (χ0n) is 10.0. The summed E-state index contributed by atoms with van der Waals surface area (Å²) in [4.78, 5) is 0. The molecular formula is C13H21NO. The van der Waals surface area contributed by atoms with E-state index in [0.717, 1.165) is 5.56 Å². The number of hydrogen-bond acceptors (Lipinski definition) is 2. The smallest absolute Gasteiger partial charge is 0.0730 e. The van der Waals surface area contributed by atoms with Gasteiger partial charge in [-0.05, 0) is 43.9 Å². The van der Waals surface area contributed by atoms with Crippen LogP contribution in [0.15, 0.2) is 12.1 Å². The van der Waals surface area contributed by atoms with Crippen molar-refractivity contribution in [3.05, 3.63) is 34.4 Å². The highest BCUT2D eigenvalue weighted by Crippen LogP contribution is 2.25. The van der Waals surface area contributed by atoms with Crippen molar-refractivity contribution in [3.8, 4) is 0 Å². The van der Waals surface area contributed by atoms with Gasteiger partial charge in [0.25, 0.3) is 0 Å². The standard InChI is InChI=1S/C13H21NO/c1-5-11(15)13(14)12-9(3)6-8(2)7-10(12)4/h6-7,11,13,15H,5,14H2,1-4H3/t11-,13-/m1/s1. The number of aliphatic hydroxyl groups excluding tert-OH is 1. The molecule has 1 aromatic rings. The quantitative estimate of drug-likeness (QED) is 0.799. The lowest BCUT2D eigenvalue weighted by Gasteiger charge is -2.22. The van der Waals surface area contributed by atoms with Crippen LogP contribution in [0.3, 0.4) is 0 Å². The summed E-state index contributed by atoms with van der Waals surface area (Å²) in [6.45, 7) is 8.13. The fraction of sp³-hybridized carbons (Fsp3) is 0.538. The lowest BCUT2D eigenvalue weighted by atomic mass is 9.91. The third-order valence-corrected chi connectivity index (χ3v) is 2.90. The van der Waals surface area contributed by atoms with E-state index in [2.05, 4.69) is 32.9 Å². The number of rotatable bonds is 3. The molecular weight excluding hydrogens is 186 g/mol. The van der Waals surface area contributed by atoms with E-state index in [0.29, 0.717) is 6.42 Å². The Kier molecular flexibility index (Phi) is 3.89. The predicted octanol–water partition coefficient (Wildman–Crippen LogP) is 2.38. The van der Waals surface area contributed by atoms with Gasteiger partial charge in [0.15, 0.2) is 0 Å². The third-order valence-electron chi connectivity index (χ3n) is 2.90. The summed E-state index contributed by atoms with van der Waals surface area (Å²) < 4.78 is 0. The second kappa shape index (κ2) is 4.77. The molecule has 1 aromatic carbocycles. The second-order valence-corrected chi connectivity index (χ2v) is 4.31. The van der Waals surface area contributed by atoms with Crippen LogP contribution in [0, 0.1) is 20.8 Å². The molecule has 84 valence electrons. The largest absolute Gasteiger partial charge is 0.391 e. The van der Waals surface area contributed by atoms with Gasteiger partial charge in [0.2, 0.25) is 0 Å². The Balaban J connectivity index is 3.13. The highest BCUT2D eigenvalue weighted by atomic mass is 16.3. The molecule has 0 aliphatic rings. The Hall–Kier alpha value is -0.860. The lowest BCUT2D eigenvalue weighted by Crippen LogP contribution is -2.27. The first kappa shape index (κ1) is 12.2. The average molecular weight is 207 g/mol. The molecule has 0 amide bonds. The van der Waals surface area contributed by atoms with E-state index in [1.807, 2.05) is 6.92 Å². The molecule has 0 aliphatic heterocycles. The van der Waals surface area contributed by atoms with Gasteiger partial charge in [0.05, 0.1) is 12.1 Å². The Morgan fingerprint density at radius 1 is 1.20 bits per heavy atom. The van der Waals surface area contributed by atoms with Crippen molar-refractivity contribution in [2.75, 3.05) is 0 Å². The van der Waals surface area contributed by atoms with Gasteiger partial charge in [-0.25, -0.2) is 0 Å². The molecule has 2 heteroatoms. The molecule has 0 aromatic heterocycles. The highest BCUT2D eigenvalue weighted by Gasteiger charge is 2.18.